The second kappa shape index (κ2) is 5.18. The van der Waals surface area contributed by atoms with E-state index in [-0.39, 0.29) is 6.61 Å². The zero-order valence-corrected chi connectivity index (χ0v) is 6.16. The number of unbranched alkanes of at least 4 members (excludes halogenated alkanes) is 1. The largest absolute Gasteiger partial charge is 0.411 e. The molecule has 0 aliphatic rings. The van der Waals surface area contributed by atoms with E-state index in [2.05, 4.69) is 11.3 Å². The van der Waals surface area contributed by atoms with Crippen LogP contribution < -0.4 is 0 Å². The zero-order valence-electron chi connectivity index (χ0n) is 6.16. The van der Waals surface area contributed by atoms with Gasteiger partial charge in [-0.15, -0.1) is 6.58 Å². The van der Waals surface area contributed by atoms with Crippen molar-refractivity contribution in [3.63, 3.8) is 0 Å². The van der Waals surface area contributed by atoms with Crippen molar-refractivity contribution in [2.75, 3.05) is 13.2 Å². The minimum absolute atomic E-state index is 0.144. The van der Waals surface area contributed by atoms with Crippen molar-refractivity contribution >= 4 is 0 Å². The van der Waals surface area contributed by atoms with Gasteiger partial charge in [0.1, 0.15) is 6.61 Å². The third kappa shape index (κ3) is 9.49. The third-order valence-electron chi connectivity index (χ3n) is 0.963. The first-order valence-corrected chi connectivity index (χ1v) is 3.31. The maximum atomic E-state index is 11.4. The minimum Gasteiger partial charge on any atom is -0.372 e. The van der Waals surface area contributed by atoms with E-state index < -0.39 is 12.8 Å². The van der Waals surface area contributed by atoms with Crippen LogP contribution in [-0.4, -0.2) is 19.4 Å². The number of alkyl halides is 3. The molecule has 66 valence electrons. The average Bonchev–Trinajstić information content (AvgIpc) is 1.85. The molecule has 0 unspecified atom stereocenters. The summed E-state index contributed by atoms with van der Waals surface area (Å²) in [6, 6.07) is 0. The van der Waals surface area contributed by atoms with E-state index in [1.54, 1.807) is 6.08 Å². The molecule has 0 aromatic heterocycles. The second-order valence-corrected chi connectivity index (χ2v) is 2.10. The molecule has 0 aliphatic carbocycles. The fourth-order valence-electron chi connectivity index (χ4n) is 0.518. The van der Waals surface area contributed by atoms with E-state index in [4.69, 9.17) is 0 Å². The van der Waals surface area contributed by atoms with Crippen LogP contribution in [0.1, 0.15) is 12.8 Å². The Bertz CT molecular complexity index is 109. The highest BCUT2D eigenvalue weighted by molar-refractivity contribution is 4.65. The molecular weight excluding hydrogens is 157 g/mol. The molecule has 0 N–H and O–H groups in total. The molecule has 0 rings (SSSR count). The van der Waals surface area contributed by atoms with Gasteiger partial charge in [0.05, 0.1) is 0 Å². The standard InChI is InChI=1S/C7H11F3O/c1-2-3-4-5-11-6-7(8,9)10/h2H,1,3-6H2. The SMILES string of the molecule is C=CCCCOCC(F)(F)F. The van der Waals surface area contributed by atoms with Crippen LogP contribution in [-0.2, 0) is 4.74 Å². The Labute approximate surface area is 63.8 Å². The van der Waals surface area contributed by atoms with E-state index in [1.807, 2.05) is 0 Å². The molecule has 0 radical (unpaired) electrons. The van der Waals surface area contributed by atoms with Gasteiger partial charge in [-0.05, 0) is 12.8 Å². The first-order valence-electron chi connectivity index (χ1n) is 3.31. The Morgan fingerprint density at radius 3 is 2.45 bits per heavy atom. The van der Waals surface area contributed by atoms with Crippen molar-refractivity contribution in [3.8, 4) is 0 Å². The summed E-state index contributed by atoms with van der Waals surface area (Å²) in [5, 5.41) is 0. The Hall–Kier alpha value is -0.510. The molecule has 0 heterocycles. The number of rotatable bonds is 5. The first kappa shape index (κ1) is 10.5. The Morgan fingerprint density at radius 2 is 2.00 bits per heavy atom. The minimum atomic E-state index is -4.20. The van der Waals surface area contributed by atoms with Gasteiger partial charge in [-0.25, -0.2) is 0 Å². The van der Waals surface area contributed by atoms with Gasteiger partial charge in [0.15, 0.2) is 0 Å². The van der Waals surface area contributed by atoms with Crippen LogP contribution in [0.15, 0.2) is 12.7 Å². The van der Waals surface area contributed by atoms with Crippen LogP contribution in [0.2, 0.25) is 0 Å². The van der Waals surface area contributed by atoms with Crippen molar-refractivity contribution in [2.24, 2.45) is 0 Å². The van der Waals surface area contributed by atoms with Gasteiger partial charge >= 0.3 is 6.18 Å². The van der Waals surface area contributed by atoms with Crippen LogP contribution in [0.25, 0.3) is 0 Å². The van der Waals surface area contributed by atoms with E-state index in [0.717, 1.165) is 0 Å². The predicted octanol–water partition coefficient (Wildman–Crippen LogP) is 2.53. The zero-order chi connectivity index (χ0) is 8.74. The van der Waals surface area contributed by atoms with Gasteiger partial charge in [-0.3, -0.25) is 0 Å². The fourth-order valence-corrected chi connectivity index (χ4v) is 0.518. The average molecular weight is 168 g/mol. The Balaban J connectivity index is 3.08. The summed E-state index contributed by atoms with van der Waals surface area (Å²) in [7, 11) is 0. The number of allylic oxidation sites excluding steroid dienone is 1. The maximum absolute atomic E-state index is 11.4. The highest BCUT2D eigenvalue weighted by Crippen LogP contribution is 2.14. The lowest BCUT2D eigenvalue weighted by atomic mass is 10.3. The van der Waals surface area contributed by atoms with Gasteiger partial charge in [0.25, 0.3) is 0 Å². The van der Waals surface area contributed by atoms with E-state index in [1.165, 1.54) is 0 Å². The summed E-state index contributed by atoms with van der Waals surface area (Å²) in [6.07, 6.45) is -1.26. The molecule has 0 bridgehead atoms. The molecule has 0 aliphatic heterocycles. The normalized spacial score (nSPS) is 11.5. The van der Waals surface area contributed by atoms with Crippen molar-refractivity contribution in [1.29, 1.82) is 0 Å². The summed E-state index contributed by atoms with van der Waals surface area (Å²) in [5.74, 6) is 0. The third-order valence-corrected chi connectivity index (χ3v) is 0.963. The monoisotopic (exact) mass is 168 g/mol. The van der Waals surface area contributed by atoms with Crippen molar-refractivity contribution in [1.82, 2.24) is 0 Å². The summed E-state index contributed by atoms with van der Waals surface area (Å²) >= 11 is 0. The molecule has 0 aromatic rings. The lowest BCUT2D eigenvalue weighted by Crippen LogP contribution is -2.17. The fraction of sp³-hybridized carbons (Fsp3) is 0.714. The first-order chi connectivity index (χ1) is 5.06. The van der Waals surface area contributed by atoms with Crippen LogP contribution in [0.5, 0.6) is 0 Å². The summed E-state index contributed by atoms with van der Waals surface area (Å²) in [6.45, 7) is 2.43. The summed E-state index contributed by atoms with van der Waals surface area (Å²) in [4.78, 5) is 0. The molecule has 4 heteroatoms. The molecule has 1 nitrogen and oxygen atoms in total. The van der Waals surface area contributed by atoms with Crippen LogP contribution in [0.3, 0.4) is 0 Å². The molecule has 0 saturated carbocycles. The number of ether oxygens (including phenoxy) is 1. The van der Waals surface area contributed by atoms with Gasteiger partial charge in [-0.1, -0.05) is 6.08 Å². The van der Waals surface area contributed by atoms with E-state index in [9.17, 15) is 13.2 Å². The van der Waals surface area contributed by atoms with Crippen LogP contribution >= 0.6 is 0 Å². The molecule has 11 heavy (non-hydrogen) atoms. The van der Waals surface area contributed by atoms with Crippen LogP contribution in [0, 0.1) is 0 Å². The molecule has 0 amide bonds. The molecular formula is C7H11F3O. The summed E-state index contributed by atoms with van der Waals surface area (Å²) in [5.41, 5.74) is 0. The number of hydrogen-bond acceptors (Lipinski definition) is 1. The molecule has 0 aromatic carbocycles. The Morgan fingerprint density at radius 1 is 1.36 bits per heavy atom. The number of hydrogen-bond donors (Lipinski definition) is 0. The van der Waals surface area contributed by atoms with Crippen molar-refractivity contribution < 1.29 is 17.9 Å². The van der Waals surface area contributed by atoms with E-state index >= 15 is 0 Å². The van der Waals surface area contributed by atoms with Gasteiger partial charge in [0, 0.05) is 6.61 Å². The predicted molar refractivity (Wildman–Crippen MR) is 36.3 cm³/mol. The molecule has 0 atom stereocenters. The highest BCUT2D eigenvalue weighted by atomic mass is 19.4. The lowest BCUT2D eigenvalue weighted by Gasteiger charge is -2.05. The second-order valence-electron chi connectivity index (χ2n) is 2.10. The molecule has 0 spiro atoms. The topological polar surface area (TPSA) is 9.23 Å². The Kier molecular flexibility index (Phi) is 4.94. The maximum Gasteiger partial charge on any atom is 0.411 e. The molecule has 0 saturated heterocycles. The van der Waals surface area contributed by atoms with Gasteiger partial charge < -0.3 is 4.74 Å². The van der Waals surface area contributed by atoms with E-state index in [0.29, 0.717) is 12.8 Å². The smallest absolute Gasteiger partial charge is 0.372 e. The number of halogens is 3. The van der Waals surface area contributed by atoms with Crippen molar-refractivity contribution in [3.05, 3.63) is 12.7 Å². The summed E-state index contributed by atoms with van der Waals surface area (Å²) < 4.78 is 38.6. The van der Waals surface area contributed by atoms with Crippen molar-refractivity contribution in [2.45, 2.75) is 19.0 Å². The lowest BCUT2D eigenvalue weighted by molar-refractivity contribution is -0.173. The highest BCUT2D eigenvalue weighted by Gasteiger charge is 2.26. The molecule has 0 fully saturated rings. The van der Waals surface area contributed by atoms with Gasteiger partial charge in [0.2, 0.25) is 0 Å². The quantitative estimate of drug-likeness (QED) is 0.452. The van der Waals surface area contributed by atoms with Crippen LogP contribution in [0.4, 0.5) is 13.2 Å². The van der Waals surface area contributed by atoms with Gasteiger partial charge in [-0.2, -0.15) is 13.2 Å².